The number of para-hydroxylation sites is 1. The lowest BCUT2D eigenvalue weighted by atomic mass is 10.0. The average molecular weight is 286 g/mol. The maximum atomic E-state index is 5.63. The molecule has 3 rings (SSSR count). The van der Waals surface area contributed by atoms with Crippen molar-refractivity contribution in [3.63, 3.8) is 0 Å². The van der Waals surface area contributed by atoms with Crippen molar-refractivity contribution in [3.8, 4) is 5.75 Å². The monoisotopic (exact) mass is 286 g/mol. The Morgan fingerprint density at radius 1 is 1.30 bits per heavy atom. The Morgan fingerprint density at radius 3 is 2.90 bits per heavy atom. The van der Waals surface area contributed by atoms with Gasteiger partial charge in [0.25, 0.3) is 0 Å². The molecular formula is C14H14N4OS. The first-order chi connectivity index (χ1) is 9.74. The number of rotatable bonds is 3. The summed E-state index contributed by atoms with van der Waals surface area (Å²) in [4.78, 5) is 8.71. The standard InChI is InChI=1S/C14H14N4OS/c15-14(20)11-7-17-13(8-16-11)18-10-5-6-19-12-4-2-1-3-9(10)12/h1-4,7-8,10H,5-6H2,(H2,15,20)(H,17,18). The summed E-state index contributed by atoms with van der Waals surface area (Å²) in [5.41, 5.74) is 7.17. The maximum Gasteiger partial charge on any atom is 0.145 e. The Bertz CT molecular complexity index is 629. The molecule has 1 aromatic heterocycles. The molecule has 1 aromatic carbocycles. The smallest absolute Gasteiger partial charge is 0.145 e. The van der Waals surface area contributed by atoms with Gasteiger partial charge in [-0.3, -0.25) is 0 Å². The molecule has 5 nitrogen and oxygen atoms in total. The highest BCUT2D eigenvalue weighted by atomic mass is 32.1. The third-order valence-corrected chi connectivity index (χ3v) is 3.39. The molecule has 1 unspecified atom stereocenters. The summed E-state index contributed by atoms with van der Waals surface area (Å²) in [6.45, 7) is 0.688. The first-order valence-corrected chi connectivity index (χ1v) is 6.75. The number of thiocarbonyl (C=S) groups is 1. The van der Waals surface area contributed by atoms with Gasteiger partial charge in [-0.15, -0.1) is 0 Å². The van der Waals surface area contributed by atoms with Gasteiger partial charge in [0, 0.05) is 12.0 Å². The molecule has 20 heavy (non-hydrogen) atoms. The summed E-state index contributed by atoms with van der Waals surface area (Å²) >= 11 is 4.86. The summed E-state index contributed by atoms with van der Waals surface area (Å²) in [7, 11) is 0. The molecule has 0 radical (unpaired) electrons. The van der Waals surface area contributed by atoms with Gasteiger partial charge in [0.2, 0.25) is 0 Å². The number of aromatic nitrogens is 2. The van der Waals surface area contributed by atoms with Crippen molar-refractivity contribution in [1.82, 2.24) is 9.97 Å². The van der Waals surface area contributed by atoms with Gasteiger partial charge in [0.05, 0.1) is 25.0 Å². The van der Waals surface area contributed by atoms with Crippen LogP contribution < -0.4 is 15.8 Å². The maximum absolute atomic E-state index is 5.63. The number of hydrogen-bond acceptors (Lipinski definition) is 5. The van der Waals surface area contributed by atoms with E-state index in [1.807, 2.05) is 18.2 Å². The van der Waals surface area contributed by atoms with E-state index in [2.05, 4.69) is 21.4 Å². The van der Waals surface area contributed by atoms with Crippen LogP contribution in [-0.2, 0) is 0 Å². The second kappa shape index (κ2) is 5.42. The lowest BCUT2D eigenvalue weighted by Gasteiger charge is -2.26. The van der Waals surface area contributed by atoms with E-state index < -0.39 is 0 Å². The number of nitrogens with one attached hydrogen (secondary N) is 1. The van der Waals surface area contributed by atoms with Gasteiger partial charge in [-0.05, 0) is 6.07 Å². The molecule has 6 heteroatoms. The van der Waals surface area contributed by atoms with Crippen LogP contribution in [0.5, 0.6) is 5.75 Å². The number of benzene rings is 1. The third-order valence-electron chi connectivity index (χ3n) is 3.18. The molecule has 102 valence electrons. The molecule has 0 amide bonds. The summed E-state index contributed by atoms with van der Waals surface area (Å²) < 4.78 is 5.63. The molecule has 1 aliphatic rings. The van der Waals surface area contributed by atoms with E-state index in [0.29, 0.717) is 18.1 Å². The predicted octanol–water partition coefficient (Wildman–Crippen LogP) is 2.05. The second-order valence-electron chi connectivity index (χ2n) is 4.52. The van der Waals surface area contributed by atoms with Crippen molar-refractivity contribution in [3.05, 3.63) is 47.9 Å². The summed E-state index contributed by atoms with van der Waals surface area (Å²) in [5.74, 6) is 1.62. The predicted molar refractivity (Wildman–Crippen MR) is 80.8 cm³/mol. The number of anilines is 1. The van der Waals surface area contributed by atoms with Gasteiger partial charge >= 0.3 is 0 Å². The molecule has 0 fully saturated rings. The largest absolute Gasteiger partial charge is 0.493 e. The Hall–Kier alpha value is -2.21. The third kappa shape index (κ3) is 2.55. The zero-order chi connectivity index (χ0) is 13.9. The van der Waals surface area contributed by atoms with Crippen molar-refractivity contribution < 1.29 is 4.74 Å². The van der Waals surface area contributed by atoms with Gasteiger partial charge < -0.3 is 15.8 Å². The quantitative estimate of drug-likeness (QED) is 0.841. The molecule has 3 N–H and O–H groups in total. The lowest BCUT2D eigenvalue weighted by Crippen LogP contribution is -2.21. The van der Waals surface area contributed by atoms with E-state index in [-0.39, 0.29) is 11.0 Å². The molecule has 1 atom stereocenters. The van der Waals surface area contributed by atoms with Crippen LogP contribution >= 0.6 is 12.2 Å². The van der Waals surface area contributed by atoms with Crippen LogP contribution in [0.1, 0.15) is 23.7 Å². The van der Waals surface area contributed by atoms with Crippen molar-refractivity contribution in [1.29, 1.82) is 0 Å². The molecule has 0 aliphatic carbocycles. The molecule has 0 saturated heterocycles. The summed E-state index contributed by atoms with van der Waals surface area (Å²) in [5, 5.41) is 3.37. The van der Waals surface area contributed by atoms with Crippen LogP contribution in [0, 0.1) is 0 Å². The molecule has 0 saturated carbocycles. The molecular weight excluding hydrogens is 272 g/mol. The van der Waals surface area contributed by atoms with Gasteiger partial charge in [-0.2, -0.15) is 0 Å². The van der Waals surface area contributed by atoms with Gasteiger partial charge in [0.15, 0.2) is 0 Å². The number of ether oxygens (including phenoxy) is 1. The second-order valence-corrected chi connectivity index (χ2v) is 4.96. The van der Waals surface area contributed by atoms with Crippen LogP contribution in [0.2, 0.25) is 0 Å². The van der Waals surface area contributed by atoms with Gasteiger partial charge in [-0.25, -0.2) is 9.97 Å². The number of hydrogen-bond donors (Lipinski definition) is 2. The van der Waals surface area contributed by atoms with E-state index in [4.69, 9.17) is 22.7 Å². The zero-order valence-corrected chi connectivity index (χ0v) is 11.6. The lowest BCUT2D eigenvalue weighted by molar-refractivity contribution is 0.274. The van der Waals surface area contributed by atoms with Crippen molar-refractivity contribution in [2.45, 2.75) is 12.5 Å². The topological polar surface area (TPSA) is 73.1 Å². The Morgan fingerprint density at radius 2 is 2.15 bits per heavy atom. The first kappa shape index (κ1) is 12.8. The minimum Gasteiger partial charge on any atom is -0.493 e. The van der Waals surface area contributed by atoms with Crippen molar-refractivity contribution in [2.24, 2.45) is 5.73 Å². The fourth-order valence-electron chi connectivity index (χ4n) is 2.20. The molecule has 1 aliphatic heterocycles. The average Bonchev–Trinajstić information content (AvgIpc) is 2.48. The van der Waals surface area contributed by atoms with Crippen molar-refractivity contribution >= 4 is 23.0 Å². The highest BCUT2D eigenvalue weighted by molar-refractivity contribution is 7.80. The van der Waals surface area contributed by atoms with Crippen LogP contribution in [0.15, 0.2) is 36.7 Å². The van der Waals surface area contributed by atoms with Crippen LogP contribution in [0.3, 0.4) is 0 Å². The number of fused-ring (bicyclic) bond motifs is 1. The Kier molecular flexibility index (Phi) is 3.47. The fraction of sp³-hybridized carbons (Fsp3) is 0.214. The highest BCUT2D eigenvalue weighted by Gasteiger charge is 2.21. The Labute approximate surface area is 122 Å². The fourth-order valence-corrected chi connectivity index (χ4v) is 2.31. The van der Waals surface area contributed by atoms with Gasteiger partial charge in [0.1, 0.15) is 22.2 Å². The minimum absolute atomic E-state index is 0.171. The molecule has 2 aromatic rings. The van der Waals surface area contributed by atoms with E-state index in [1.165, 1.54) is 0 Å². The summed E-state index contributed by atoms with van der Waals surface area (Å²) in [6.07, 6.45) is 4.11. The van der Waals surface area contributed by atoms with Crippen LogP contribution in [0.4, 0.5) is 5.82 Å². The highest BCUT2D eigenvalue weighted by Crippen LogP contribution is 2.33. The Balaban J connectivity index is 1.80. The molecule has 2 heterocycles. The SMILES string of the molecule is NC(=S)c1cnc(NC2CCOc3ccccc32)cn1. The van der Waals surface area contributed by atoms with Crippen LogP contribution in [0.25, 0.3) is 0 Å². The van der Waals surface area contributed by atoms with Crippen molar-refractivity contribution in [2.75, 3.05) is 11.9 Å². The molecule has 0 spiro atoms. The first-order valence-electron chi connectivity index (χ1n) is 6.34. The van der Waals surface area contributed by atoms with Gasteiger partial charge in [-0.1, -0.05) is 30.4 Å². The van der Waals surface area contributed by atoms with Crippen LogP contribution in [-0.4, -0.2) is 21.6 Å². The minimum atomic E-state index is 0.171. The van der Waals surface area contributed by atoms with E-state index >= 15 is 0 Å². The number of nitrogens with zero attached hydrogens (tertiary/aromatic N) is 2. The summed E-state index contributed by atoms with van der Waals surface area (Å²) in [6, 6.07) is 8.18. The normalized spacial score (nSPS) is 16.9. The van der Waals surface area contributed by atoms with E-state index in [0.717, 1.165) is 17.7 Å². The molecule has 0 bridgehead atoms. The van der Waals surface area contributed by atoms with E-state index in [1.54, 1.807) is 12.4 Å². The number of nitrogens with two attached hydrogens (primary N) is 1. The zero-order valence-electron chi connectivity index (χ0n) is 10.7. The van der Waals surface area contributed by atoms with E-state index in [9.17, 15) is 0 Å².